The van der Waals surface area contributed by atoms with E-state index < -0.39 is 11.9 Å². The molecule has 4 nitrogen and oxygen atoms in total. The summed E-state index contributed by atoms with van der Waals surface area (Å²) < 4.78 is 4.65. The summed E-state index contributed by atoms with van der Waals surface area (Å²) in [4.78, 5) is 22.5. The van der Waals surface area contributed by atoms with Crippen LogP contribution in [0.3, 0.4) is 0 Å². The Hall–Kier alpha value is -2.33. The number of esters is 1. The maximum absolute atomic E-state index is 11.5. The number of ether oxygens (including phenoxy) is 1. The number of hydrogen-bond donors (Lipinski definition) is 1. The SMILES string of the molecule is COC(=O)c1cccc(-c2cc(C(=O)O)ccc2Cl)c1. The third-order valence-electron chi connectivity index (χ3n) is 2.81. The monoisotopic (exact) mass is 290 g/mol. The van der Waals surface area contributed by atoms with Gasteiger partial charge in [0.2, 0.25) is 0 Å². The molecule has 5 heteroatoms. The van der Waals surface area contributed by atoms with Crippen LogP contribution in [-0.4, -0.2) is 24.2 Å². The molecule has 0 saturated carbocycles. The van der Waals surface area contributed by atoms with Gasteiger partial charge in [-0.2, -0.15) is 0 Å². The minimum absolute atomic E-state index is 0.132. The van der Waals surface area contributed by atoms with E-state index in [1.165, 1.54) is 25.3 Å². The van der Waals surface area contributed by atoms with Crippen molar-refractivity contribution in [2.75, 3.05) is 7.11 Å². The molecule has 0 spiro atoms. The molecule has 0 radical (unpaired) electrons. The molecule has 0 aliphatic heterocycles. The Bertz CT molecular complexity index is 679. The van der Waals surface area contributed by atoms with Crippen molar-refractivity contribution in [3.8, 4) is 11.1 Å². The number of aromatic carboxylic acids is 1. The molecule has 0 unspecified atom stereocenters. The van der Waals surface area contributed by atoms with Gasteiger partial charge in [-0.15, -0.1) is 0 Å². The van der Waals surface area contributed by atoms with E-state index in [-0.39, 0.29) is 5.56 Å². The van der Waals surface area contributed by atoms with Crippen LogP contribution in [0.1, 0.15) is 20.7 Å². The van der Waals surface area contributed by atoms with Gasteiger partial charge in [-0.3, -0.25) is 0 Å². The molecule has 0 bridgehead atoms. The topological polar surface area (TPSA) is 63.6 Å². The number of rotatable bonds is 3. The Morgan fingerprint density at radius 1 is 1.10 bits per heavy atom. The van der Waals surface area contributed by atoms with Crippen LogP contribution in [-0.2, 0) is 4.74 Å². The highest BCUT2D eigenvalue weighted by molar-refractivity contribution is 6.33. The molecule has 0 fully saturated rings. The molecule has 0 atom stereocenters. The van der Waals surface area contributed by atoms with Crippen LogP contribution in [0.15, 0.2) is 42.5 Å². The summed E-state index contributed by atoms with van der Waals surface area (Å²) in [5.41, 5.74) is 1.72. The van der Waals surface area contributed by atoms with Gasteiger partial charge in [0.15, 0.2) is 0 Å². The molecule has 0 amide bonds. The number of carboxylic acids is 1. The third kappa shape index (κ3) is 2.81. The van der Waals surface area contributed by atoms with Gasteiger partial charge in [0.1, 0.15) is 0 Å². The summed E-state index contributed by atoms with van der Waals surface area (Å²) >= 11 is 6.09. The molecule has 102 valence electrons. The van der Waals surface area contributed by atoms with Crippen LogP contribution in [0, 0.1) is 0 Å². The van der Waals surface area contributed by atoms with E-state index in [9.17, 15) is 9.59 Å². The first-order chi connectivity index (χ1) is 9.52. The highest BCUT2D eigenvalue weighted by Crippen LogP contribution is 2.29. The van der Waals surface area contributed by atoms with Crippen molar-refractivity contribution in [1.82, 2.24) is 0 Å². The van der Waals surface area contributed by atoms with Crippen molar-refractivity contribution >= 4 is 23.5 Å². The predicted molar refractivity (Wildman–Crippen MR) is 75.2 cm³/mol. The molecule has 0 aliphatic carbocycles. The Kier molecular flexibility index (Phi) is 4.05. The van der Waals surface area contributed by atoms with Crippen LogP contribution in [0.25, 0.3) is 11.1 Å². The Morgan fingerprint density at radius 2 is 1.85 bits per heavy atom. The first-order valence-electron chi connectivity index (χ1n) is 5.74. The van der Waals surface area contributed by atoms with Crippen LogP contribution in [0.2, 0.25) is 5.02 Å². The number of carbonyl (C=O) groups excluding carboxylic acids is 1. The van der Waals surface area contributed by atoms with Crippen molar-refractivity contribution < 1.29 is 19.4 Å². The van der Waals surface area contributed by atoms with Gasteiger partial charge in [-0.05, 0) is 35.9 Å². The van der Waals surface area contributed by atoms with Crippen molar-refractivity contribution in [2.45, 2.75) is 0 Å². The van der Waals surface area contributed by atoms with Crippen molar-refractivity contribution in [3.63, 3.8) is 0 Å². The average Bonchev–Trinajstić information content (AvgIpc) is 2.46. The summed E-state index contributed by atoms with van der Waals surface area (Å²) in [6, 6.07) is 11.1. The zero-order valence-electron chi connectivity index (χ0n) is 10.6. The van der Waals surface area contributed by atoms with Crippen LogP contribution in [0.4, 0.5) is 0 Å². The molecule has 1 N–H and O–H groups in total. The van der Waals surface area contributed by atoms with Crippen molar-refractivity contribution in [3.05, 3.63) is 58.6 Å². The van der Waals surface area contributed by atoms with Gasteiger partial charge in [-0.25, -0.2) is 9.59 Å². The summed E-state index contributed by atoms with van der Waals surface area (Å²) in [5.74, 6) is -1.50. The third-order valence-corrected chi connectivity index (χ3v) is 3.14. The standard InChI is InChI=1S/C15H11ClO4/c1-20-15(19)11-4-2-3-9(7-11)12-8-10(14(17)18)5-6-13(12)16/h2-8H,1H3,(H,17,18). The van der Waals surface area contributed by atoms with Crippen LogP contribution >= 0.6 is 11.6 Å². The Balaban J connectivity index is 2.53. The van der Waals surface area contributed by atoms with E-state index in [0.717, 1.165) is 0 Å². The maximum Gasteiger partial charge on any atom is 0.337 e. The normalized spacial score (nSPS) is 10.1. The van der Waals surface area contributed by atoms with Crippen LogP contribution in [0.5, 0.6) is 0 Å². The number of carbonyl (C=O) groups is 2. The number of methoxy groups -OCH3 is 1. The van der Waals surface area contributed by atoms with Gasteiger partial charge < -0.3 is 9.84 Å². The highest BCUT2D eigenvalue weighted by atomic mass is 35.5. The molecule has 2 aromatic carbocycles. The summed E-state index contributed by atoms with van der Waals surface area (Å²) in [7, 11) is 1.30. The quantitative estimate of drug-likeness (QED) is 0.879. The Morgan fingerprint density at radius 3 is 2.50 bits per heavy atom. The smallest absolute Gasteiger partial charge is 0.337 e. The second-order valence-corrected chi connectivity index (χ2v) is 4.48. The van der Waals surface area contributed by atoms with Gasteiger partial charge in [0.05, 0.1) is 18.2 Å². The maximum atomic E-state index is 11.5. The van der Waals surface area contributed by atoms with E-state index in [1.54, 1.807) is 24.3 Å². The zero-order valence-corrected chi connectivity index (χ0v) is 11.3. The number of carboxylic acid groups (broad SMARTS) is 1. The van der Waals surface area contributed by atoms with Gasteiger partial charge in [0.25, 0.3) is 0 Å². The van der Waals surface area contributed by atoms with Gasteiger partial charge >= 0.3 is 11.9 Å². The van der Waals surface area contributed by atoms with E-state index >= 15 is 0 Å². The first kappa shape index (κ1) is 14.1. The predicted octanol–water partition coefficient (Wildman–Crippen LogP) is 3.49. The fraction of sp³-hybridized carbons (Fsp3) is 0.0667. The number of halogens is 1. The lowest BCUT2D eigenvalue weighted by molar-refractivity contribution is 0.0600. The van der Waals surface area contributed by atoms with E-state index in [2.05, 4.69) is 4.74 Å². The lowest BCUT2D eigenvalue weighted by atomic mass is 10.0. The molecule has 0 heterocycles. The van der Waals surface area contributed by atoms with Crippen molar-refractivity contribution in [1.29, 1.82) is 0 Å². The van der Waals surface area contributed by atoms with Gasteiger partial charge in [-0.1, -0.05) is 23.7 Å². The molecule has 20 heavy (non-hydrogen) atoms. The molecular weight excluding hydrogens is 280 g/mol. The lowest BCUT2D eigenvalue weighted by Crippen LogP contribution is -2.01. The first-order valence-corrected chi connectivity index (χ1v) is 6.12. The fourth-order valence-electron chi connectivity index (χ4n) is 1.81. The summed E-state index contributed by atoms with van der Waals surface area (Å²) in [5, 5.41) is 9.42. The van der Waals surface area contributed by atoms with Crippen molar-refractivity contribution in [2.24, 2.45) is 0 Å². The second-order valence-electron chi connectivity index (χ2n) is 4.07. The Labute approximate surface area is 120 Å². The molecule has 2 rings (SSSR count). The molecule has 2 aromatic rings. The average molecular weight is 291 g/mol. The minimum atomic E-state index is -1.04. The minimum Gasteiger partial charge on any atom is -0.478 e. The van der Waals surface area contributed by atoms with Gasteiger partial charge in [0, 0.05) is 10.6 Å². The summed E-state index contributed by atoms with van der Waals surface area (Å²) in [6.07, 6.45) is 0. The highest BCUT2D eigenvalue weighted by Gasteiger charge is 2.11. The number of benzene rings is 2. The van der Waals surface area contributed by atoms with Crippen LogP contribution < -0.4 is 0 Å². The van der Waals surface area contributed by atoms with E-state index in [1.807, 2.05) is 0 Å². The molecular formula is C15H11ClO4. The molecule has 0 aliphatic rings. The largest absolute Gasteiger partial charge is 0.478 e. The van der Waals surface area contributed by atoms with E-state index in [0.29, 0.717) is 21.7 Å². The second kappa shape index (κ2) is 5.75. The number of hydrogen-bond acceptors (Lipinski definition) is 3. The molecule has 0 aromatic heterocycles. The fourth-order valence-corrected chi connectivity index (χ4v) is 2.04. The summed E-state index contributed by atoms with van der Waals surface area (Å²) in [6.45, 7) is 0. The molecule has 0 saturated heterocycles. The van der Waals surface area contributed by atoms with E-state index in [4.69, 9.17) is 16.7 Å². The lowest BCUT2D eigenvalue weighted by Gasteiger charge is -2.07. The zero-order chi connectivity index (χ0) is 14.7.